The molecular formula is C19H26O. The van der Waals surface area contributed by atoms with Crippen molar-refractivity contribution in [2.75, 3.05) is 6.61 Å². The maximum Gasteiger partial charge on any atom is 0.102 e. The maximum absolute atomic E-state index is 6.59. The first-order chi connectivity index (χ1) is 9.66. The van der Waals surface area contributed by atoms with E-state index in [1.807, 2.05) is 0 Å². The van der Waals surface area contributed by atoms with Crippen LogP contribution in [0.5, 0.6) is 0 Å². The quantitative estimate of drug-likeness (QED) is 0.715. The molecule has 20 heavy (non-hydrogen) atoms. The molecule has 1 aromatic carbocycles. The molecule has 0 aromatic heterocycles. The van der Waals surface area contributed by atoms with Gasteiger partial charge in [0.15, 0.2) is 0 Å². The molecule has 0 spiro atoms. The van der Waals surface area contributed by atoms with E-state index in [4.69, 9.17) is 4.74 Å². The molecule has 2 aliphatic carbocycles. The van der Waals surface area contributed by atoms with E-state index in [0.29, 0.717) is 5.41 Å². The molecule has 1 saturated heterocycles. The van der Waals surface area contributed by atoms with Crippen molar-refractivity contribution in [3.63, 3.8) is 0 Å². The summed E-state index contributed by atoms with van der Waals surface area (Å²) in [4.78, 5) is 0. The standard InChI is InChI=1S/C19H26O/c1-14-8-9-15-13-18(2)10-11-20-19(18,17(15)12-14)16-6-4-3-5-7-16/h8-9,12,16H,3-7,10-11,13H2,1-2H3/t18-,19+/m1/s1. The highest BCUT2D eigenvalue weighted by atomic mass is 16.5. The number of hydrogen-bond donors (Lipinski definition) is 0. The molecule has 1 nitrogen and oxygen atoms in total. The van der Waals surface area contributed by atoms with Gasteiger partial charge in [-0.05, 0) is 49.7 Å². The van der Waals surface area contributed by atoms with Crippen molar-refractivity contribution in [1.82, 2.24) is 0 Å². The summed E-state index contributed by atoms with van der Waals surface area (Å²) in [7, 11) is 0. The third-order valence-electron chi connectivity index (χ3n) is 6.31. The van der Waals surface area contributed by atoms with Crippen molar-refractivity contribution in [2.45, 2.75) is 64.4 Å². The average Bonchev–Trinajstić information content (AvgIpc) is 2.90. The zero-order chi connectivity index (χ0) is 13.8. The largest absolute Gasteiger partial charge is 0.369 e. The van der Waals surface area contributed by atoms with Crippen LogP contribution in [0.15, 0.2) is 18.2 Å². The fourth-order valence-electron chi connectivity index (χ4n) is 5.37. The first-order valence-electron chi connectivity index (χ1n) is 8.40. The Morgan fingerprint density at radius 2 is 1.95 bits per heavy atom. The van der Waals surface area contributed by atoms with E-state index < -0.39 is 0 Å². The van der Waals surface area contributed by atoms with Gasteiger partial charge in [0, 0.05) is 12.0 Å². The summed E-state index contributed by atoms with van der Waals surface area (Å²) >= 11 is 0. The molecule has 1 saturated carbocycles. The molecule has 0 N–H and O–H groups in total. The van der Waals surface area contributed by atoms with Crippen LogP contribution in [0.3, 0.4) is 0 Å². The summed E-state index contributed by atoms with van der Waals surface area (Å²) in [5.41, 5.74) is 4.87. The van der Waals surface area contributed by atoms with Gasteiger partial charge in [-0.3, -0.25) is 0 Å². The summed E-state index contributed by atoms with van der Waals surface area (Å²) in [6.07, 6.45) is 9.40. The molecule has 0 radical (unpaired) electrons. The van der Waals surface area contributed by atoms with Gasteiger partial charge in [0.1, 0.15) is 5.60 Å². The van der Waals surface area contributed by atoms with Crippen molar-refractivity contribution < 1.29 is 4.74 Å². The van der Waals surface area contributed by atoms with Crippen molar-refractivity contribution in [3.8, 4) is 0 Å². The highest BCUT2D eigenvalue weighted by Gasteiger charge is 2.62. The van der Waals surface area contributed by atoms with Gasteiger partial charge in [0.05, 0.1) is 0 Å². The second kappa shape index (κ2) is 4.34. The Kier molecular flexibility index (Phi) is 2.79. The average molecular weight is 270 g/mol. The van der Waals surface area contributed by atoms with Crippen LogP contribution < -0.4 is 0 Å². The van der Waals surface area contributed by atoms with Gasteiger partial charge in [-0.15, -0.1) is 0 Å². The topological polar surface area (TPSA) is 9.23 Å². The number of aryl methyl sites for hydroxylation is 1. The van der Waals surface area contributed by atoms with Crippen LogP contribution in [0.2, 0.25) is 0 Å². The summed E-state index contributed by atoms with van der Waals surface area (Å²) in [6, 6.07) is 7.07. The molecule has 0 amide bonds. The molecule has 1 heterocycles. The highest BCUT2D eigenvalue weighted by molar-refractivity contribution is 5.45. The van der Waals surface area contributed by atoms with Crippen LogP contribution in [0.25, 0.3) is 0 Å². The van der Waals surface area contributed by atoms with Crippen LogP contribution in [0, 0.1) is 18.3 Å². The van der Waals surface area contributed by atoms with Crippen LogP contribution in [0.1, 0.15) is 62.1 Å². The first kappa shape index (κ1) is 12.9. The molecule has 0 unspecified atom stereocenters. The third kappa shape index (κ3) is 1.53. The van der Waals surface area contributed by atoms with Gasteiger partial charge in [0.2, 0.25) is 0 Å². The third-order valence-corrected chi connectivity index (χ3v) is 6.31. The summed E-state index contributed by atoms with van der Waals surface area (Å²) in [5, 5.41) is 0. The first-order valence-corrected chi connectivity index (χ1v) is 8.40. The SMILES string of the molecule is Cc1ccc2c(c1)[C@]1(C3CCCCC3)OCC[C@]1(C)C2. The minimum Gasteiger partial charge on any atom is -0.369 e. The number of benzene rings is 1. The van der Waals surface area contributed by atoms with E-state index in [1.54, 1.807) is 11.1 Å². The van der Waals surface area contributed by atoms with E-state index in [0.717, 1.165) is 12.5 Å². The zero-order valence-electron chi connectivity index (χ0n) is 12.9. The van der Waals surface area contributed by atoms with E-state index in [2.05, 4.69) is 32.0 Å². The van der Waals surface area contributed by atoms with Gasteiger partial charge in [0.25, 0.3) is 0 Å². The highest BCUT2D eigenvalue weighted by Crippen LogP contribution is 2.63. The predicted octanol–water partition coefficient (Wildman–Crippen LogP) is 4.75. The lowest BCUT2D eigenvalue weighted by atomic mass is 9.63. The van der Waals surface area contributed by atoms with Crippen molar-refractivity contribution in [3.05, 3.63) is 34.9 Å². The van der Waals surface area contributed by atoms with Gasteiger partial charge in [-0.2, -0.15) is 0 Å². The minimum atomic E-state index is 0.0365. The van der Waals surface area contributed by atoms with E-state index in [9.17, 15) is 0 Å². The summed E-state index contributed by atoms with van der Waals surface area (Å²) in [5.74, 6) is 0.742. The van der Waals surface area contributed by atoms with Crippen LogP contribution in [-0.2, 0) is 16.8 Å². The zero-order valence-corrected chi connectivity index (χ0v) is 12.9. The van der Waals surface area contributed by atoms with Gasteiger partial charge >= 0.3 is 0 Å². The van der Waals surface area contributed by atoms with E-state index >= 15 is 0 Å². The van der Waals surface area contributed by atoms with Gasteiger partial charge < -0.3 is 4.74 Å². The summed E-state index contributed by atoms with van der Waals surface area (Å²) < 4.78 is 6.59. The smallest absolute Gasteiger partial charge is 0.102 e. The lowest BCUT2D eigenvalue weighted by Gasteiger charge is -2.45. The van der Waals surface area contributed by atoms with Crippen molar-refractivity contribution >= 4 is 0 Å². The second-order valence-corrected chi connectivity index (χ2v) is 7.57. The molecule has 2 fully saturated rings. The normalized spacial score (nSPS) is 36.9. The number of fused-ring (bicyclic) bond motifs is 3. The molecule has 3 aliphatic rings. The monoisotopic (exact) mass is 270 g/mol. The predicted molar refractivity (Wildman–Crippen MR) is 81.8 cm³/mol. The maximum atomic E-state index is 6.59. The van der Waals surface area contributed by atoms with Crippen molar-refractivity contribution in [1.29, 1.82) is 0 Å². The molecule has 2 atom stereocenters. The second-order valence-electron chi connectivity index (χ2n) is 7.57. The Morgan fingerprint density at radius 3 is 2.75 bits per heavy atom. The van der Waals surface area contributed by atoms with E-state index in [-0.39, 0.29) is 5.60 Å². The molecule has 108 valence electrons. The van der Waals surface area contributed by atoms with Crippen molar-refractivity contribution in [2.24, 2.45) is 11.3 Å². The van der Waals surface area contributed by atoms with Gasteiger partial charge in [-0.1, -0.05) is 49.9 Å². The molecule has 1 aromatic rings. The minimum absolute atomic E-state index is 0.0365. The Labute approximate surface area is 122 Å². The molecule has 1 heteroatoms. The molecule has 0 bridgehead atoms. The molecule has 1 aliphatic heterocycles. The van der Waals surface area contributed by atoms with Crippen LogP contribution in [-0.4, -0.2) is 6.61 Å². The summed E-state index contributed by atoms with van der Waals surface area (Å²) in [6.45, 7) is 5.67. The molecule has 4 rings (SSSR count). The Balaban J connectivity index is 1.87. The number of ether oxygens (including phenoxy) is 1. The lowest BCUT2D eigenvalue weighted by molar-refractivity contribution is -0.109. The fraction of sp³-hybridized carbons (Fsp3) is 0.684. The Bertz CT molecular complexity index is 529. The Morgan fingerprint density at radius 1 is 1.15 bits per heavy atom. The number of hydrogen-bond acceptors (Lipinski definition) is 1. The Hall–Kier alpha value is -0.820. The van der Waals surface area contributed by atoms with Gasteiger partial charge in [-0.25, -0.2) is 0 Å². The van der Waals surface area contributed by atoms with E-state index in [1.165, 1.54) is 50.5 Å². The fourth-order valence-corrected chi connectivity index (χ4v) is 5.37. The number of rotatable bonds is 1. The molecular weight excluding hydrogens is 244 g/mol. The van der Waals surface area contributed by atoms with Crippen LogP contribution >= 0.6 is 0 Å². The van der Waals surface area contributed by atoms with Crippen LogP contribution in [0.4, 0.5) is 0 Å². The lowest BCUT2D eigenvalue weighted by Crippen LogP contribution is -2.44.